The van der Waals surface area contributed by atoms with E-state index in [0.717, 1.165) is 25.9 Å². The molecular formula is C19H24N4O4. The molecule has 8 heteroatoms. The highest BCUT2D eigenvalue weighted by atomic mass is 16.5. The van der Waals surface area contributed by atoms with E-state index in [1.54, 1.807) is 31.2 Å². The van der Waals surface area contributed by atoms with Crippen molar-refractivity contribution < 1.29 is 19.1 Å². The van der Waals surface area contributed by atoms with Crippen LogP contribution < -0.4 is 10.6 Å². The lowest BCUT2D eigenvalue weighted by atomic mass is 10.1. The van der Waals surface area contributed by atoms with Gasteiger partial charge in [0.25, 0.3) is 0 Å². The second-order valence-electron chi connectivity index (χ2n) is 6.56. The lowest BCUT2D eigenvalue weighted by molar-refractivity contribution is -0.125. The Morgan fingerprint density at radius 2 is 1.93 bits per heavy atom. The van der Waals surface area contributed by atoms with Crippen molar-refractivity contribution in [1.82, 2.24) is 10.2 Å². The molecule has 0 saturated carbocycles. The highest BCUT2D eigenvalue weighted by Crippen LogP contribution is 2.15. The topological polar surface area (TPSA) is 100 Å². The third-order valence-electron chi connectivity index (χ3n) is 4.53. The molecule has 1 atom stereocenters. The molecule has 2 aliphatic heterocycles. The minimum Gasteiger partial charge on any atom is -0.462 e. The maximum absolute atomic E-state index is 12.6. The van der Waals surface area contributed by atoms with Gasteiger partial charge in [0.2, 0.25) is 17.8 Å². The molecule has 8 nitrogen and oxygen atoms in total. The van der Waals surface area contributed by atoms with Crippen LogP contribution in [0.15, 0.2) is 29.3 Å². The molecular weight excluding hydrogens is 348 g/mol. The fourth-order valence-corrected chi connectivity index (χ4v) is 3.12. The Morgan fingerprint density at radius 3 is 2.59 bits per heavy atom. The van der Waals surface area contributed by atoms with E-state index < -0.39 is 12.0 Å². The first-order chi connectivity index (χ1) is 13.1. The Kier molecular flexibility index (Phi) is 6.05. The standard InChI is InChI=1S/C19H24N4O4/c1-2-27-18(26)13-6-8-14(9-7-13)20-17(25)15-12-16(24)22-19(21-15)23-10-4-3-5-11-23/h6-9,15H,2-5,10-12H2,1H3,(H,20,25)(H,21,22,24)/t15-/m1/s1. The Labute approximate surface area is 158 Å². The number of aliphatic imine (C=N–C) groups is 1. The predicted molar refractivity (Wildman–Crippen MR) is 100 cm³/mol. The largest absolute Gasteiger partial charge is 0.462 e. The Balaban J connectivity index is 1.65. The van der Waals surface area contributed by atoms with Crippen LogP contribution >= 0.6 is 0 Å². The maximum atomic E-state index is 12.6. The second-order valence-corrected chi connectivity index (χ2v) is 6.56. The molecule has 2 amide bonds. The summed E-state index contributed by atoms with van der Waals surface area (Å²) < 4.78 is 4.93. The van der Waals surface area contributed by atoms with Gasteiger partial charge in [-0.05, 0) is 50.5 Å². The number of guanidine groups is 1. The van der Waals surface area contributed by atoms with Gasteiger partial charge in [0, 0.05) is 18.8 Å². The summed E-state index contributed by atoms with van der Waals surface area (Å²) in [4.78, 5) is 42.7. The first-order valence-corrected chi connectivity index (χ1v) is 9.27. The van der Waals surface area contributed by atoms with Crippen LogP contribution in [0.1, 0.15) is 43.0 Å². The summed E-state index contributed by atoms with van der Waals surface area (Å²) in [7, 11) is 0. The van der Waals surface area contributed by atoms with E-state index in [0.29, 0.717) is 23.8 Å². The first-order valence-electron chi connectivity index (χ1n) is 9.27. The Bertz CT molecular complexity index is 739. The van der Waals surface area contributed by atoms with E-state index in [1.807, 2.05) is 4.90 Å². The van der Waals surface area contributed by atoms with Gasteiger partial charge in [0.1, 0.15) is 6.04 Å². The number of benzene rings is 1. The number of amides is 2. The summed E-state index contributed by atoms with van der Waals surface area (Å²) in [6.07, 6.45) is 3.30. The van der Waals surface area contributed by atoms with E-state index in [9.17, 15) is 14.4 Å². The fourth-order valence-electron chi connectivity index (χ4n) is 3.12. The van der Waals surface area contributed by atoms with Gasteiger partial charge < -0.3 is 15.0 Å². The van der Waals surface area contributed by atoms with Crippen molar-refractivity contribution in [3.05, 3.63) is 29.8 Å². The lowest BCUT2D eigenvalue weighted by Gasteiger charge is -2.32. The summed E-state index contributed by atoms with van der Waals surface area (Å²) in [6, 6.07) is 5.66. The molecule has 2 aliphatic rings. The van der Waals surface area contributed by atoms with Gasteiger partial charge in [-0.2, -0.15) is 0 Å². The number of likely N-dealkylation sites (tertiary alicyclic amines) is 1. The van der Waals surface area contributed by atoms with Crippen LogP contribution in [0.3, 0.4) is 0 Å². The number of piperidine rings is 1. The minimum absolute atomic E-state index is 0.0179. The normalized spacial score (nSPS) is 19.7. The van der Waals surface area contributed by atoms with Crippen molar-refractivity contribution in [3.63, 3.8) is 0 Å². The van der Waals surface area contributed by atoms with E-state index in [1.165, 1.54) is 6.42 Å². The third kappa shape index (κ3) is 4.84. The number of hydrogen-bond acceptors (Lipinski definition) is 6. The van der Waals surface area contributed by atoms with Gasteiger partial charge in [0.15, 0.2) is 0 Å². The van der Waals surface area contributed by atoms with Crippen LogP contribution in [-0.2, 0) is 14.3 Å². The van der Waals surface area contributed by atoms with E-state index in [4.69, 9.17) is 4.74 Å². The third-order valence-corrected chi connectivity index (χ3v) is 4.53. The Hall–Kier alpha value is -2.90. The van der Waals surface area contributed by atoms with Crippen molar-refractivity contribution in [2.24, 2.45) is 4.99 Å². The summed E-state index contributed by atoms with van der Waals surface area (Å²) in [5.74, 6) is -0.467. The van der Waals surface area contributed by atoms with Gasteiger partial charge >= 0.3 is 5.97 Å². The van der Waals surface area contributed by atoms with Gasteiger partial charge in [0.05, 0.1) is 18.6 Å². The molecule has 0 aromatic heterocycles. The molecule has 0 bridgehead atoms. The van der Waals surface area contributed by atoms with Crippen LogP contribution in [0.2, 0.25) is 0 Å². The quantitative estimate of drug-likeness (QED) is 0.781. The van der Waals surface area contributed by atoms with E-state index >= 15 is 0 Å². The van der Waals surface area contributed by atoms with Crippen LogP contribution in [-0.4, -0.2) is 54.4 Å². The molecule has 27 heavy (non-hydrogen) atoms. The van der Waals surface area contributed by atoms with Crippen LogP contribution in [0.4, 0.5) is 5.69 Å². The number of carbonyl (C=O) groups is 3. The SMILES string of the molecule is CCOC(=O)c1ccc(NC(=O)[C@H]2CC(=O)NC(N3CCCCC3)=N2)cc1. The van der Waals surface area contributed by atoms with Gasteiger partial charge in [-0.3, -0.25) is 14.9 Å². The molecule has 1 aromatic carbocycles. The van der Waals surface area contributed by atoms with Crippen molar-refractivity contribution in [1.29, 1.82) is 0 Å². The molecule has 0 radical (unpaired) electrons. The number of esters is 1. The number of ether oxygens (including phenoxy) is 1. The zero-order valence-corrected chi connectivity index (χ0v) is 15.4. The van der Waals surface area contributed by atoms with Gasteiger partial charge in [-0.25, -0.2) is 9.79 Å². The van der Waals surface area contributed by atoms with Crippen LogP contribution in [0.5, 0.6) is 0 Å². The summed E-state index contributed by atoms with van der Waals surface area (Å²) in [5.41, 5.74) is 0.950. The number of carbonyl (C=O) groups excluding carboxylic acids is 3. The molecule has 144 valence electrons. The number of anilines is 1. The first kappa shape index (κ1) is 18.9. The average molecular weight is 372 g/mol. The molecule has 0 unspecified atom stereocenters. The molecule has 0 spiro atoms. The molecule has 2 N–H and O–H groups in total. The predicted octanol–water partition coefficient (Wildman–Crippen LogP) is 1.53. The summed E-state index contributed by atoms with van der Waals surface area (Å²) in [5, 5.41) is 5.53. The number of rotatable bonds is 4. The highest BCUT2D eigenvalue weighted by Gasteiger charge is 2.29. The van der Waals surface area contributed by atoms with Gasteiger partial charge in [-0.1, -0.05) is 0 Å². The second kappa shape index (κ2) is 8.66. The minimum atomic E-state index is -0.764. The average Bonchev–Trinajstić information content (AvgIpc) is 2.69. The summed E-state index contributed by atoms with van der Waals surface area (Å²) >= 11 is 0. The molecule has 0 aliphatic carbocycles. The smallest absolute Gasteiger partial charge is 0.338 e. The van der Waals surface area contributed by atoms with Crippen molar-refractivity contribution >= 4 is 29.4 Å². The van der Waals surface area contributed by atoms with E-state index in [2.05, 4.69) is 15.6 Å². The van der Waals surface area contributed by atoms with Crippen LogP contribution in [0.25, 0.3) is 0 Å². The zero-order chi connectivity index (χ0) is 19.2. The van der Waals surface area contributed by atoms with Crippen molar-refractivity contribution in [3.8, 4) is 0 Å². The molecule has 2 heterocycles. The van der Waals surface area contributed by atoms with Crippen molar-refractivity contribution in [2.75, 3.05) is 25.0 Å². The van der Waals surface area contributed by atoms with Gasteiger partial charge in [-0.15, -0.1) is 0 Å². The highest BCUT2D eigenvalue weighted by molar-refractivity contribution is 6.06. The molecule has 1 saturated heterocycles. The van der Waals surface area contributed by atoms with Crippen molar-refractivity contribution in [2.45, 2.75) is 38.6 Å². The molecule has 1 fully saturated rings. The van der Waals surface area contributed by atoms with E-state index in [-0.39, 0.29) is 18.2 Å². The lowest BCUT2D eigenvalue weighted by Crippen LogP contribution is -2.51. The number of hydrogen-bond donors (Lipinski definition) is 2. The summed E-state index contributed by atoms with van der Waals surface area (Å²) in [6.45, 7) is 3.72. The molecule has 3 rings (SSSR count). The number of nitrogens with zero attached hydrogens (tertiary/aromatic N) is 2. The Morgan fingerprint density at radius 1 is 1.22 bits per heavy atom. The monoisotopic (exact) mass is 372 g/mol. The maximum Gasteiger partial charge on any atom is 0.338 e. The number of nitrogens with one attached hydrogen (secondary N) is 2. The molecule has 1 aromatic rings. The zero-order valence-electron chi connectivity index (χ0n) is 15.4. The fraction of sp³-hybridized carbons (Fsp3) is 0.474. The van der Waals surface area contributed by atoms with Crippen LogP contribution in [0, 0.1) is 0 Å².